The molecule has 0 aliphatic heterocycles. The maximum atomic E-state index is 12.4. The fraction of sp³-hybridized carbons (Fsp3) is 0.125. The van der Waals surface area contributed by atoms with Crippen LogP contribution in [0.25, 0.3) is 0 Å². The first-order valence-corrected chi connectivity index (χ1v) is 6.40. The number of anilines is 1. The summed E-state index contributed by atoms with van der Waals surface area (Å²) in [6.45, 7) is 0. The van der Waals surface area contributed by atoms with Crippen LogP contribution in [0.2, 0.25) is 0 Å². The summed E-state index contributed by atoms with van der Waals surface area (Å²) in [5, 5.41) is 13.4. The van der Waals surface area contributed by atoms with Gasteiger partial charge in [-0.2, -0.15) is 0 Å². The smallest absolute Gasteiger partial charge is 0.263 e. The lowest BCUT2D eigenvalue weighted by molar-refractivity contribution is -0.255. The zero-order valence-corrected chi connectivity index (χ0v) is 12.1. The van der Waals surface area contributed by atoms with Crippen LogP contribution in [0.5, 0.6) is 11.5 Å². The van der Waals surface area contributed by atoms with Gasteiger partial charge in [0.15, 0.2) is 0 Å². The number of rotatable bonds is 5. The minimum Gasteiger partial charge on any atom is -0.545 e. The molecule has 2 rings (SSSR count). The van der Waals surface area contributed by atoms with Crippen LogP contribution in [0.3, 0.4) is 0 Å². The summed E-state index contributed by atoms with van der Waals surface area (Å²) >= 11 is 0. The van der Waals surface area contributed by atoms with Gasteiger partial charge in [-0.05, 0) is 29.8 Å². The van der Waals surface area contributed by atoms with Crippen molar-refractivity contribution >= 4 is 17.6 Å². The Labute approximate surface area is 127 Å². The Morgan fingerprint density at radius 1 is 0.955 bits per heavy atom. The molecule has 0 aromatic heterocycles. The molecule has 0 unspecified atom stereocenters. The van der Waals surface area contributed by atoms with Crippen molar-refractivity contribution in [2.45, 2.75) is 0 Å². The van der Waals surface area contributed by atoms with Gasteiger partial charge in [-0.25, -0.2) is 0 Å². The molecule has 0 spiro atoms. The van der Waals surface area contributed by atoms with E-state index in [1.807, 2.05) is 0 Å². The minimum atomic E-state index is -1.27. The quantitative estimate of drug-likeness (QED) is 0.899. The number of carbonyl (C=O) groups excluding carboxylic acids is 2. The van der Waals surface area contributed by atoms with Gasteiger partial charge in [0, 0.05) is 5.69 Å². The Hall–Kier alpha value is -3.02. The van der Waals surface area contributed by atoms with Crippen LogP contribution in [0.4, 0.5) is 5.69 Å². The lowest BCUT2D eigenvalue weighted by atomic mass is 10.1. The monoisotopic (exact) mass is 300 g/mol. The van der Waals surface area contributed by atoms with Crippen molar-refractivity contribution in [3.63, 3.8) is 0 Å². The van der Waals surface area contributed by atoms with E-state index >= 15 is 0 Å². The third-order valence-electron chi connectivity index (χ3n) is 3.03. The number of aromatic carboxylic acids is 1. The summed E-state index contributed by atoms with van der Waals surface area (Å²) in [5.74, 6) is -0.939. The van der Waals surface area contributed by atoms with Crippen LogP contribution < -0.4 is 19.9 Å². The number of carboxylic acids is 1. The second-order valence-corrected chi connectivity index (χ2v) is 4.36. The van der Waals surface area contributed by atoms with Gasteiger partial charge in [0.2, 0.25) is 0 Å². The van der Waals surface area contributed by atoms with Gasteiger partial charge in [0.1, 0.15) is 17.1 Å². The van der Waals surface area contributed by atoms with E-state index in [0.717, 1.165) is 0 Å². The van der Waals surface area contributed by atoms with Gasteiger partial charge in [-0.15, -0.1) is 0 Å². The predicted octanol–water partition coefficient (Wildman–Crippen LogP) is 1.32. The highest BCUT2D eigenvalue weighted by Gasteiger charge is 2.18. The number of amides is 1. The van der Waals surface area contributed by atoms with E-state index < -0.39 is 11.9 Å². The molecule has 0 atom stereocenters. The number of methoxy groups -OCH3 is 2. The van der Waals surface area contributed by atoms with Gasteiger partial charge in [0.05, 0.1) is 20.2 Å². The van der Waals surface area contributed by atoms with Gasteiger partial charge < -0.3 is 24.7 Å². The molecule has 0 saturated carbocycles. The number of hydrogen-bond donors (Lipinski definition) is 1. The standard InChI is InChI=1S/C16H15NO5/c1-21-12-4-3-5-13(22-2)14(12)15(18)17-11-8-6-10(7-9-11)16(19)20/h3-9H,1-2H3,(H,17,18)(H,19,20)/p-1. The molecule has 114 valence electrons. The van der Waals surface area contributed by atoms with Crippen LogP contribution in [0.1, 0.15) is 20.7 Å². The van der Waals surface area contributed by atoms with E-state index in [0.29, 0.717) is 17.2 Å². The fourth-order valence-corrected chi connectivity index (χ4v) is 1.96. The highest BCUT2D eigenvalue weighted by Crippen LogP contribution is 2.29. The molecular weight excluding hydrogens is 286 g/mol. The molecule has 0 fully saturated rings. The number of hydrogen-bond acceptors (Lipinski definition) is 5. The Kier molecular flexibility index (Phi) is 4.63. The Bertz CT molecular complexity index is 672. The average molecular weight is 300 g/mol. The van der Waals surface area contributed by atoms with Crippen LogP contribution >= 0.6 is 0 Å². The van der Waals surface area contributed by atoms with Crippen LogP contribution in [0, 0.1) is 0 Å². The number of carboxylic acid groups (broad SMARTS) is 1. The predicted molar refractivity (Wildman–Crippen MR) is 78.3 cm³/mol. The molecule has 0 aliphatic rings. The van der Waals surface area contributed by atoms with E-state index in [1.54, 1.807) is 18.2 Å². The summed E-state index contributed by atoms with van der Waals surface area (Å²) in [7, 11) is 2.92. The van der Waals surface area contributed by atoms with E-state index in [1.165, 1.54) is 38.5 Å². The highest BCUT2D eigenvalue weighted by molar-refractivity contribution is 6.08. The summed E-state index contributed by atoms with van der Waals surface area (Å²) in [4.78, 5) is 23.1. The minimum absolute atomic E-state index is 0.0351. The molecule has 1 amide bonds. The lowest BCUT2D eigenvalue weighted by Gasteiger charge is -2.13. The van der Waals surface area contributed by atoms with E-state index in [2.05, 4.69) is 5.32 Å². The molecule has 1 N–H and O–H groups in total. The van der Waals surface area contributed by atoms with Crippen LogP contribution in [0.15, 0.2) is 42.5 Å². The van der Waals surface area contributed by atoms with Gasteiger partial charge in [-0.1, -0.05) is 18.2 Å². The molecule has 6 nitrogen and oxygen atoms in total. The van der Waals surface area contributed by atoms with Gasteiger partial charge >= 0.3 is 0 Å². The molecule has 2 aromatic rings. The zero-order valence-electron chi connectivity index (χ0n) is 12.1. The van der Waals surface area contributed by atoms with Crippen molar-refractivity contribution in [1.29, 1.82) is 0 Å². The first kappa shape index (κ1) is 15.4. The zero-order chi connectivity index (χ0) is 16.1. The van der Waals surface area contributed by atoms with E-state index in [9.17, 15) is 14.7 Å². The van der Waals surface area contributed by atoms with Crippen molar-refractivity contribution in [2.75, 3.05) is 19.5 Å². The summed E-state index contributed by atoms with van der Waals surface area (Å²) < 4.78 is 10.3. The molecule has 0 saturated heterocycles. The van der Waals surface area contributed by atoms with Crippen molar-refractivity contribution in [3.8, 4) is 11.5 Å². The maximum absolute atomic E-state index is 12.4. The van der Waals surface area contributed by atoms with Crippen molar-refractivity contribution in [2.24, 2.45) is 0 Å². The summed E-state index contributed by atoms with van der Waals surface area (Å²) in [6.07, 6.45) is 0. The average Bonchev–Trinajstić information content (AvgIpc) is 2.54. The molecule has 0 heterocycles. The largest absolute Gasteiger partial charge is 0.545 e. The second-order valence-electron chi connectivity index (χ2n) is 4.36. The topological polar surface area (TPSA) is 87.7 Å². The first-order chi connectivity index (χ1) is 10.6. The third kappa shape index (κ3) is 3.17. The summed E-state index contributed by atoms with van der Waals surface area (Å²) in [6, 6.07) is 10.7. The number of nitrogens with one attached hydrogen (secondary N) is 1. The van der Waals surface area contributed by atoms with Crippen LogP contribution in [-0.2, 0) is 0 Å². The van der Waals surface area contributed by atoms with E-state index in [4.69, 9.17) is 9.47 Å². The Morgan fingerprint density at radius 2 is 1.50 bits per heavy atom. The number of ether oxygens (including phenoxy) is 2. The lowest BCUT2D eigenvalue weighted by Crippen LogP contribution is -2.22. The van der Waals surface area contributed by atoms with Crippen molar-refractivity contribution in [3.05, 3.63) is 53.6 Å². The van der Waals surface area contributed by atoms with Crippen LogP contribution in [-0.4, -0.2) is 26.1 Å². The van der Waals surface area contributed by atoms with Gasteiger partial charge in [-0.3, -0.25) is 4.79 Å². The molecule has 0 bridgehead atoms. The second kappa shape index (κ2) is 6.62. The molecule has 0 aliphatic carbocycles. The molecule has 2 aromatic carbocycles. The SMILES string of the molecule is COc1cccc(OC)c1C(=O)Nc1ccc(C(=O)[O-])cc1. The molecule has 22 heavy (non-hydrogen) atoms. The van der Waals surface area contributed by atoms with Crippen molar-refractivity contribution in [1.82, 2.24) is 0 Å². The van der Waals surface area contributed by atoms with Gasteiger partial charge in [0.25, 0.3) is 5.91 Å². The Morgan fingerprint density at radius 3 is 1.95 bits per heavy atom. The Balaban J connectivity index is 2.27. The number of benzene rings is 2. The summed E-state index contributed by atoms with van der Waals surface area (Å²) in [5.41, 5.74) is 0.743. The normalized spacial score (nSPS) is 9.91. The third-order valence-corrected chi connectivity index (χ3v) is 3.03. The maximum Gasteiger partial charge on any atom is 0.263 e. The molecule has 6 heteroatoms. The molecular formula is C16H14NO5-. The fourth-order valence-electron chi connectivity index (χ4n) is 1.96. The highest BCUT2D eigenvalue weighted by atomic mass is 16.5. The first-order valence-electron chi connectivity index (χ1n) is 6.40. The molecule has 0 radical (unpaired) electrons. The number of carbonyl (C=O) groups is 2. The van der Waals surface area contributed by atoms with E-state index in [-0.39, 0.29) is 11.1 Å². The van der Waals surface area contributed by atoms with Crippen molar-refractivity contribution < 1.29 is 24.2 Å².